The monoisotopic (exact) mass is 356 g/mol. The van der Waals surface area contributed by atoms with Crippen LogP contribution < -0.4 is 4.74 Å². The van der Waals surface area contributed by atoms with Gasteiger partial charge in [-0.15, -0.1) is 0 Å². The number of para-hydroxylation sites is 2. The van der Waals surface area contributed by atoms with Crippen molar-refractivity contribution >= 4 is 11.6 Å². The van der Waals surface area contributed by atoms with Gasteiger partial charge in [0.05, 0.1) is 18.5 Å². The molecule has 0 bridgehead atoms. The number of benzene rings is 2. The molecule has 0 saturated heterocycles. The molecule has 0 spiro atoms. The lowest BCUT2D eigenvalue weighted by atomic mass is 10.1. The fourth-order valence-corrected chi connectivity index (χ4v) is 2.89. The fraction of sp³-hybridized carbons (Fsp3) is 0.250. The zero-order chi connectivity index (χ0) is 17.6. The van der Waals surface area contributed by atoms with Crippen molar-refractivity contribution in [3.63, 3.8) is 0 Å². The third-order valence-corrected chi connectivity index (χ3v) is 4.25. The largest absolute Gasteiger partial charge is 0.494 e. The van der Waals surface area contributed by atoms with Crippen molar-refractivity contribution in [1.29, 1.82) is 0 Å². The maximum absolute atomic E-state index is 6.04. The molecular formula is C20H21ClN2O2. The maximum atomic E-state index is 6.04. The highest BCUT2D eigenvalue weighted by molar-refractivity contribution is 6.30. The Bertz CT molecular complexity index is 828. The van der Waals surface area contributed by atoms with Gasteiger partial charge in [-0.05, 0) is 43.2 Å². The molecule has 3 rings (SSSR count). The lowest BCUT2D eigenvalue weighted by Gasteiger charge is -2.11. The lowest BCUT2D eigenvalue weighted by Crippen LogP contribution is -2.02. The molecule has 0 aliphatic rings. The molecule has 0 unspecified atom stereocenters. The molecule has 3 aromatic rings. The predicted molar refractivity (Wildman–Crippen MR) is 101 cm³/mol. The van der Waals surface area contributed by atoms with E-state index in [1.165, 1.54) is 0 Å². The summed E-state index contributed by atoms with van der Waals surface area (Å²) in [6, 6.07) is 17.8. The summed E-state index contributed by atoms with van der Waals surface area (Å²) in [6.07, 6.45) is 1.79. The summed E-state index contributed by atoms with van der Waals surface area (Å²) in [5.74, 6) is 0.782. The number of aromatic nitrogens is 2. The van der Waals surface area contributed by atoms with Crippen LogP contribution in [0.2, 0.25) is 5.02 Å². The number of aryl methyl sites for hydroxylation is 1. The van der Waals surface area contributed by atoms with Crippen molar-refractivity contribution in [2.45, 2.75) is 12.8 Å². The summed E-state index contributed by atoms with van der Waals surface area (Å²) < 4.78 is 12.6. The summed E-state index contributed by atoms with van der Waals surface area (Å²) in [5.41, 5.74) is 4.00. The third-order valence-electron chi connectivity index (χ3n) is 3.99. The van der Waals surface area contributed by atoms with Gasteiger partial charge < -0.3 is 9.47 Å². The van der Waals surface area contributed by atoms with Crippen molar-refractivity contribution in [3.05, 3.63) is 65.3 Å². The molecule has 0 aliphatic carbocycles. The van der Waals surface area contributed by atoms with Crippen molar-refractivity contribution in [3.8, 4) is 22.7 Å². The van der Waals surface area contributed by atoms with Crippen molar-refractivity contribution in [1.82, 2.24) is 9.78 Å². The Balaban J connectivity index is 2.06. The van der Waals surface area contributed by atoms with Crippen LogP contribution in [0.15, 0.2) is 54.6 Å². The molecule has 25 heavy (non-hydrogen) atoms. The first-order valence-corrected chi connectivity index (χ1v) is 8.58. The van der Waals surface area contributed by atoms with Gasteiger partial charge >= 0.3 is 0 Å². The van der Waals surface area contributed by atoms with Crippen LogP contribution in [0.25, 0.3) is 16.9 Å². The van der Waals surface area contributed by atoms with E-state index < -0.39 is 0 Å². The van der Waals surface area contributed by atoms with Crippen molar-refractivity contribution < 1.29 is 9.47 Å². The van der Waals surface area contributed by atoms with E-state index in [1.807, 2.05) is 53.2 Å². The summed E-state index contributed by atoms with van der Waals surface area (Å²) in [6.45, 7) is 0.720. The van der Waals surface area contributed by atoms with Crippen molar-refractivity contribution in [2.24, 2.45) is 0 Å². The highest BCUT2D eigenvalue weighted by atomic mass is 35.5. The molecule has 0 fully saturated rings. The minimum Gasteiger partial charge on any atom is -0.494 e. The molecule has 5 heteroatoms. The van der Waals surface area contributed by atoms with E-state index in [2.05, 4.69) is 6.07 Å². The Labute approximate surface area is 153 Å². The molecule has 0 saturated carbocycles. The van der Waals surface area contributed by atoms with E-state index >= 15 is 0 Å². The molecule has 130 valence electrons. The quantitative estimate of drug-likeness (QED) is 0.571. The van der Waals surface area contributed by atoms with Crippen LogP contribution in [0.5, 0.6) is 5.75 Å². The normalized spacial score (nSPS) is 10.8. The van der Waals surface area contributed by atoms with Gasteiger partial charge in [-0.3, -0.25) is 0 Å². The Morgan fingerprint density at radius 3 is 2.52 bits per heavy atom. The Hall–Kier alpha value is -2.30. The SMILES string of the molecule is COCCCc1cc(-c2ccc(Cl)cc2)n(-c2ccccc2OC)n1. The zero-order valence-electron chi connectivity index (χ0n) is 14.4. The number of rotatable bonds is 7. The van der Waals surface area contributed by atoms with Crippen LogP contribution >= 0.6 is 11.6 Å². The Morgan fingerprint density at radius 1 is 1.04 bits per heavy atom. The van der Waals surface area contributed by atoms with Gasteiger partial charge in [0.2, 0.25) is 0 Å². The highest BCUT2D eigenvalue weighted by Crippen LogP contribution is 2.30. The van der Waals surface area contributed by atoms with Crippen LogP contribution in [-0.2, 0) is 11.2 Å². The average molecular weight is 357 g/mol. The topological polar surface area (TPSA) is 36.3 Å². The number of ether oxygens (including phenoxy) is 2. The summed E-state index contributed by atoms with van der Waals surface area (Å²) >= 11 is 6.04. The fourth-order valence-electron chi connectivity index (χ4n) is 2.76. The van der Waals surface area contributed by atoms with Crippen LogP contribution in [-0.4, -0.2) is 30.6 Å². The van der Waals surface area contributed by atoms with E-state index in [0.29, 0.717) is 5.02 Å². The minimum atomic E-state index is 0.715. The van der Waals surface area contributed by atoms with E-state index in [-0.39, 0.29) is 0 Å². The Morgan fingerprint density at radius 2 is 1.80 bits per heavy atom. The zero-order valence-corrected chi connectivity index (χ0v) is 15.2. The average Bonchev–Trinajstić information content (AvgIpc) is 3.06. The highest BCUT2D eigenvalue weighted by Gasteiger charge is 2.14. The summed E-state index contributed by atoms with van der Waals surface area (Å²) in [4.78, 5) is 0. The van der Waals surface area contributed by atoms with Gasteiger partial charge in [-0.25, -0.2) is 4.68 Å². The van der Waals surface area contributed by atoms with Gasteiger partial charge in [0, 0.05) is 24.3 Å². The molecule has 1 heterocycles. The number of hydrogen-bond donors (Lipinski definition) is 0. The maximum Gasteiger partial charge on any atom is 0.144 e. The van der Waals surface area contributed by atoms with Gasteiger partial charge in [-0.2, -0.15) is 5.10 Å². The van der Waals surface area contributed by atoms with Gasteiger partial charge in [0.1, 0.15) is 11.4 Å². The summed E-state index contributed by atoms with van der Waals surface area (Å²) in [7, 11) is 3.39. The molecule has 4 nitrogen and oxygen atoms in total. The standard InChI is InChI=1S/C20H21ClN2O2/c1-24-13-5-6-17-14-19(15-9-11-16(21)12-10-15)23(22-17)18-7-3-4-8-20(18)25-2/h3-4,7-12,14H,5-6,13H2,1-2H3. The molecule has 0 amide bonds. The van der Waals surface area contributed by atoms with E-state index in [9.17, 15) is 0 Å². The van der Waals surface area contributed by atoms with Crippen LogP contribution in [0, 0.1) is 0 Å². The first-order chi connectivity index (χ1) is 12.2. The first-order valence-electron chi connectivity index (χ1n) is 8.20. The summed E-state index contributed by atoms with van der Waals surface area (Å²) in [5, 5.41) is 5.52. The van der Waals surface area contributed by atoms with E-state index in [1.54, 1.807) is 14.2 Å². The second kappa shape index (κ2) is 8.19. The number of methoxy groups -OCH3 is 2. The minimum absolute atomic E-state index is 0.715. The third kappa shape index (κ3) is 4.03. The number of halogens is 1. The number of nitrogens with zero attached hydrogens (tertiary/aromatic N) is 2. The van der Waals surface area contributed by atoms with Gasteiger partial charge in [-0.1, -0.05) is 35.9 Å². The van der Waals surface area contributed by atoms with Crippen molar-refractivity contribution in [2.75, 3.05) is 20.8 Å². The molecule has 2 aromatic carbocycles. The van der Waals surface area contributed by atoms with Crippen LogP contribution in [0.1, 0.15) is 12.1 Å². The molecule has 0 radical (unpaired) electrons. The second-order valence-corrected chi connectivity index (χ2v) is 6.14. The van der Waals surface area contributed by atoms with Crippen LogP contribution in [0.4, 0.5) is 0 Å². The Kier molecular flexibility index (Phi) is 5.74. The van der Waals surface area contributed by atoms with Gasteiger partial charge in [0.15, 0.2) is 0 Å². The lowest BCUT2D eigenvalue weighted by molar-refractivity contribution is 0.195. The first kappa shape index (κ1) is 17.5. The predicted octanol–water partition coefficient (Wildman–Crippen LogP) is 4.78. The van der Waals surface area contributed by atoms with Gasteiger partial charge in [0.25, 0.3) is 0 Å². The van der Waals surface area contributed by atoms with E-state index in [0.717, 1.165) is 47.8 Å². The molecule has 0 N–H and O–H groups in total. The molecule has 0 aliphatic heterocycles. The number of hydrogen-bond acceptors (Lipinski definition) is 3. The smallest absolute Gasteiger partial charge is 0.144 e. The molecular weight excluding hydrogens is 336 g/mol. The van der Waals surface area contributed by atoms with Crippen LogP contribution in [0.3, 0.4) is 0 Å². The molecule has 1 aromatic heterocycles. The molecule has 0 atom stereocenters. The van der Waals surface area contributed by atoms with E-state index in [4.69, 9.17) is 26.2 Å². The second-order valence-electron chi connectivity index (χ2n) is 5.71.